The Hall–Kier alpha value is -1.67. The van der Waals surface area contributed by atoms with Gasteiger partial charge in [-0.15, -0.1) is 0 Å². The second kappa shape index (κ2) is 5.11. The first-order valence-electron chi connectivity index (χ1n) is 5.38. The van der Waals surface area contributed by atoms with E-state index < -0.39 is 0 Å². The van der Waals surface area contributed by atoms with Crippen molar-refractivity contribution in [2.24, 2.45) is 0 Å². The number of halogens is 1. The van der Waals surface area contributed by atoms with Crippen LogP contribution in [-0.4, -0.2) is 0 Å². The van der Waals surface area contributed by atoms with Crippen molar-refractivity contribution in [3.63, 3.8) is 0 Å². The highest BCUT2D eigenvalue weighted by Gasteiger charge is 2.02. The predicted octanol–water partition coefficient (Wildman–Crippen LogP) is 3.81. The van der Waals surface area contributed by atoms with Gasteiger partial charge < -0.3 is 10.5 Å². The van der Waals surface area contributed by atoms with E-state index in [2.05, 4.69) is 19.1 Å². The first kappa shape index (κ1) is 11.8. The quantitative estimate of drug-likeness (QED) is 0.837. The van der Waals surface area contributed by atoms with Gasteiger partial charge in [0.15, 0.2) is 0 Å². The lowest BCUT2D eigenvalue weighted by Gasteiger charge is -2.09. The summed E-state index contributed by atoms with van der Waals surface area (Å²) in [5.41, 5.74) is 8.73. The van der Waals surface area contributed by atoms with Gasteiger partial charge in [-0.25, -0.2) is 0 Å². The summed E-state index contributed by atoms with van der Waals surface area (Å²) in [7, 11) is 0. The van der Waals surface area contributed by atoms with Crippen molar-refractivity contribution in [3.05, 3.63) is 58.6 Å². The van der Waals surface area contributed by atoms with Crippen molar-refractivity contribution in [1.29, 1.82) is 0 Å². The van der Waals surface area contributed by atoms with Crippen molar-refractivity contribution in [2.75, 3.05) is 5.73 Å². The van der Waals surface area contributed by atoms with Crippen LogP contribution in [0.3, 0.4) is 0 Å². The molecule has 88 valence electrons. The largest absolute Gasteiger partial charge is 0.487 e. The van der Waals surface area contributed by atoms with Crippen molar-refractivity contribution in [2.45, 2.75) is 13.5 Å². The van der Waals surface area contributed by atoms with Gasteiger partial charge in [0, 0.05) is 11.1 Å². The maximum absolute atomic E-state index is 5.89. The van der Waals surface area contributed by atoms with Crippen LogP contribution in [0.15, 0.2) is 42.5 Å². The lowest BCUT2D eigenvalue weighted by molar-refractivity contribution is 0.308. The molecule has 0 aromatic heterocycles. The summed E-state index contributed by atoms with van der Waals surface area (Å²) < 4.78 is 5.65. The lowest BCUT2D eigenvalue weighted by atomic mass is 10.1. The zero-order valence-corrected chi connectivity index (χ0v) is 10.4. The van der Waals surface area contributed by atoms with Gasteiger partial charge in [0.2, 0.25) is 0 Å². The molecular weight excluding hydrogens is 234 g/mol. The molecule has 0 radical (unpaired) electrons. The number of rotatable bonds is 3. The van der Waals surface area contributed by atoms with Gasteiger partial charge in [0.1, 0.15) is 12.4 Å². The Labute approximate surface area is 106 Å². The highest BCUT2D eigenvalue weighted by molar-refractivity contribution is 6.30. The Balaban J connectivity index is 2.09. The molecule has 2 aromatic carbocycles. The summed E-state index contributed by atoms with van der Waals surface area (Å²) in [5, 5.41) is 0.624. The highest BCUT2D eigenvalue weighted by Crippen LogP contribution is 2.26. The van der Waals surface area contributed by atoms with Crippen molar-refractivity contribution in [1.82, 2.24) is 0 Å². The number of nitrogens with two attached hydrogens (primary N) is 1. The van der Waals surface area contributed by atoms with E-state index in [9.17, 15) is 0 Å². The fourth-order valence-electron chi connectivity index (χ4n) is 1.60. The first-order chi connectivity index (χ1) is 8.15. The van der Waals surface area contributed by atoms with Crippen LogP contribution < -0.4 is 10.5 Å². The normalized spacial score (nSPS) is 10.2. The molecule has 0 unspecified atom stereocenters. The SMILES string of the molecule is Cc1cccc(COc2cc(Cl)ccc2N)c1. The number of ether oxygens (including phenoxy) is 1. The van der Waals surface area contributed by atoms with Gasteiger partial charge in [-0.2, -0.15) is 0 Å². The highest BCUT2D eigenvalue weighted by atomic mass is 35.5. The average Bonchev–Trinajstić information content (AvgIpc) is 2.30. The van der Waals surface area contributed by atoms with Gasteiger partial charge in [-0.1, -0.05) is 41.4 Å². The summed E-state index contributed by atoms with van der Waals surface area (Å²) >= 11 is 5.89. The number of hydrogen-bond acceptors (Lipinski definition) is 2. The standard InChI is InChI=1S/C14H14ClNO/c1-10-3-2-4-11(7-10)9-17-14-8-12(15)5-6-13(14)16/h2-8H,9,16H2,1H3. The van der Waals surface area contributed by atoms with Crippen LogP contribution in [0.1, 0.15) is 11.1 Å². The molecule has 0 heterocycles. The van der Waals surface area contributed by atoms with Crippen molar-refractivity contribution < 1.29 is 4.74 Å². The van der Waals surface area contributed by atoms with Crippen LogP contribution in [0.25, 0.3) is 0 Å². The molecule has 2 rings (SSSR count). The fraction of sp³-hybridized carbons (Fsp3) is 0.143. The van der Waals surface area contributed by atoms with Gasteiger partial charge in [0.25, 0.3) is 0 Å². The Morgan fingerprint density at radius 3 is 2.76 bits per heavy atom. The third-order valence-corrected chi connectivity index (χ3v) is 2.69. The van der Waals surface area contributed by atoms with Crippen LogP contribution in [0, 0.1) is 6.92 Å². The van der Waals surface area contributed by atoms with E-state index >= 15 is 0 Å². The molecule has 0 aliphatic rings. The van der Waals surface area contributed by atoms with Crippen LogP contribution in [0.5, 0.6) is 5.75 Å². The molecule has 0 saturated heterocycles. The fourth-order valence-corrected chi connectivity index (χ4v) is 1.76. The van der Waals surface area contributed by atoms with Crippen molar-refractivity contribution in [3.8, 4) is 5.75 Å². The summed E-state index contributed by atoms with van der Waals surface area (Å²) in [6, 6.07) is 13.4. The molecule has 0 spiro atoms. The summed E-state index contributed by atoms with van der Waals surface area (Å²) in [4.78, 5) is 0. The Kier molecular flexibility index (Phi) is 3.55. The summed E-state index contributed by atoms with van der Waals surface area (Å²) in [6.07, 6.45) is 0. The Morgan fingerprint density at radius 2 is 2.00 bits per heavy atom. The molecule has 0 saturated carbocycles. The monoisotopic (exact) mass is 247 g/mol. The molecule has 2 aromatic rings. The topological polar surface area (TPSA) is 35.2 Å². The lowest BCUT2D eigenvalue weighted by Crippen LogP contribution is -1.98. The zero-order valence-electron chi connectivity index (χ0n) is 9.61. The number of benzene rings is 2. The second-order valence-electron chi connectivity index (χ2n) is 3.96. The van der Waals surface area contributed by atoms with Gasteiger partial charge in [0.05, 0.1) is 5.69 Å². The summed E-state index contributed by atoms with van der Waals surface area (Å²) in [6.45, 7) is 2.55. The van der Waals surface area contributed by atoms with Gasteiger partial charge in [-0.05, 0) is 24.6 Å². The molecule has 0 aliphatic heterocycles. The molecule has 17 heavy (non-hydrogen) atoms. The van der Waals surface area contributed by atoms with E-state index in [1.165, 1.54) is 5.56 Å². The summed E-state index contributed by atoms with van der Waals surface area (Å²) in [5.74, 6) is 0.624. The average molecular weight is 248 g/mol. The number of nitrogen functional groups attached to an aromatic ring is 1. The molecule has 0 atom stereocenters. The second-order valence-corrected chi connectivity index (χ2v) is 4.40. The maximum Gasteiger partial charge on any atom is 0.144 e. The van der Waals surface area contributed by atoms with Crippen LogP contribution in [0.2, 0.25) is 5.02 Å². The number of anilines is 1. The van der Waals surface area contributed by atoms with Crippen molar-refractivity contribution >= 4 is 17.3 Å². The number of hydrogen-bond donors (Lipinski definition) is 1. The zero-order chi connectivity index (χ0) is 12.3. The van der Waals surface area contributed by atoms with E-state index in [4.69, 9.17) is 22.1 Å². The van der Waals surface area contributed by atoms with E-state index in [0.29, 0.717) is 23.1 Å². The van der Waals surface area contributed by atoms with E-state index in [0.717, 1.165) is 5.56 Å². The molecule has 0 fully saturated rings. The third kappa shape index (κ3) is 3.14. The van der Waals surface area contributed by atoms with Gasteiger partial charge >= 0.3 is 0 Å². The molecule has 0 amide bonds. The Morgan fingerprint density at radius 1 is 1.18 bits per heavy atom. The minimum absolute atomic E-state index is 0.492. The molecule has 2 nitrogen and oxygen atoms in total. The predicted molar refractivity (Wildman–Crippen MR) is 71.4 cm³/mol. The molecular formula is C14H14ClNO. The molecule has 3 heteroatoms. The maximum atomic E-state index is 5.89. The number of aryl methyl sites for hydroxylation is 1. The minimum atomic E-state index is 0.492. The molecule has 2 N–H and O–H groups in total. The molecule has 0 bridgehead atoms. The van der Waals surface area contributed by atoms with E-state index in [1.807, 2.05) is 12.1 Å². The van der Waals surface area contributed by atoms with Crippen LogP contribution in [0.4, 0.5) is 5.69 Å². The van der Waals surface area contributed by atoms with Gasteiger partial charge in [-0.3, -0.25) is 0 Å². The first-order valence-corrected chi connectivity index (χ1v) is 5.76. The third-order valence-electron chi connectivity index (χ3n) is 2.45. The smallest absolute Gasteiger partial charge is 0.144 e. The minimum Gasteiger partial charge on any atom is -0.487 e. The molecule has 0 aliphatic carbocycles. The van der Waals surface area contributed by atoms with Crippen LogP contribution in [-0.2, 0) is 6.61 Å². The Bertz CT molecular complexity index is 525. The van der Waals surface area contributed by atoms with E-state index in [1.54, 1.807) is 18.2 Å². The van der Waals surface area contributed by atoms with Crippen LogP contribution >= 0.6 is 11.6 Å². The van der Waals surface area contributed by atoms with E-state index in [-0.39, 0.29) is 0 Å².